The maximum absolute atomic E-state index is 5.59. The monoisotopic (exact) mass is 239 g/mol. The molecular formula is C13H21NOS. The van der Waals surface area contributed by atoms with Crippen molar-refractivity contribution in [2.24, 2.45) is 0 Å². The highest BCUT2D eigenvalue weighted by atomic mass is 32.1. The number of hydrogen-bond acceptors (Lipinski definition) is 3. The van der Waals surface area contributed by atoms with Crippen LogP contribution < -0.4 is 4.74 Å². The number of ether oxygens (including phenoxy) is 1. The lowest BCUT2D eigenvalue weighted by molar-refractivity contribution is 0.242. The van der Waals surface area contributed by atoms with E-state index in [1.165, 1.54) is 5.56 Å². The minimum absolute atomic E-state index is 0.237. The predicted octanol–water partition coefficient (Wildman–Crippen LogP) is 2.84. The highest BCUT2D eigenvalue weighted by molar-refractivity contribution is 7.80. The van der Waals surface area contributed by atoms with E-state index in [4.69, 9.17) is 4.74 Å². The number of nitrogens with zero attached hydrogens (tertiary/aromatic N) is 1. The van der Waals surface area contributed by atoms with Crippen molar-refractivity contribution in [3.8, 4) is 5.75 Å². The first-order valence-corrected chi connectivity index (χ1v) is 6.30. The van der Waals surface area contributed by atoms with Crippen molar-refractivity contribution < 1.29 is 4.74 Å². The molecule has 0 aliphatic carbocycles. The number of hydrogen-bond donors (Lipinski definition) is 1. The summed E-state index contributed by atoms with van der Waals surface area (Å²) >= 11 is 4.22. The molecule has 0 bridgehead atoms. The van der Waals surface area contributed by atoms with E-state index in [1.54, 1.807) is 0 Å². The topological polar surface area (TPSA) is 12.5 Å². The van der Waals surface area contributed by atoms with Gasteiger partial charge in [0.2, 0.25) is 0 Å². The molecular weight excluding hydrogens is 218 g/mol. The largest absolute Gasteiger partial charge is 0.491 e. The average molecular weight is 239 g/mol. The van der Waals surface area contributed by atoms with Gasteiger partial charge < -0.3 is 4.74 Å². The Morgan fingerprint density at radius 2 is 1.88 bits per heavy atom. The van der Waals surface area contributed by atoms with Crippen LogP contribution in [0.3, 0.4) is 0 Å². The lowest BCUT2D eigenvalue weighted by Crippen LogP contribution is -2.19. The van der Waals surface area contributed by atoms with Crippen LogP contribution in [0, 0.1) is 0 Å². The molecule has 0 heterocycles. The fourth-order valence-corrected chi connectivity index (χ4v) is 1.54. The number of thiol groups is 1. The molecule has 0 atom stereocenters. The molecule has 1 aromatic rings. The van der Waals surface area contributed by atoms with Gasteiger partial charge in [-0.1, -0.05) is 12.1 Å². The van der Waals surface area contributed by atoms with Gasteiger partial charge in [-0.3, -0.25) is 4.90 Å². The third-order valence-electron chi connectivity index (χ3n) is 2.32. The second kappa shape index (κ2) is 6.81. The summed E-state index contributed by atoms with van der Waals surface area (Å²) in [6, 6.07) is 8.33. The third kappa shape index (κ3) is 4.90. The Labute approximate surface area is 104 Å². The Balaban J connectivity index is 2.45. The second-order valence-electron chi connectivity index (χ2n) is 4.28. The van der Waals surface area contributed by atoms with E-state index < -0.39 is 0 Å². The van der Waals surface area contributed by atoms with E-state index in [-0.39, 0.29) is 6.10 Å². The van der Waals surface area contributed by atoms with Crippen LogP contribution in [0.25, 0.3) is 0 Å². The number of benzene rings is 1. The maximum Gasteiger partial charge on any atom is 0.119 e. The highest BCUT2D eigenvalue weighted by Gasteiger charge is 1.99. The van der Waals surface area contributed by atoms with E-state index in [2.05, 4.69) is 36.7 Å². The Morgan fingerprint density at radius 3 is 2.38 bits per heavy atom. The standard InChI is InChI=1S/C13H21NOS/c1-11(2)15-13-6-4-12(5-7-13)8-9-14(3)10-16/h4-7,11,16H,8-10H2,1-3H3. The number of rotatable bonds is 6. The van der Waals surface area contributed by atoms with Crippen molar-refractivity contribution in [1.82, 2.24) is 4.90 Å². The molecule has 0 spiro atoms. The summed E-state index contributed by atoms with van der Waals surface area (Å²) in [5, 5.41) is 0. The fourth-order valence-electron chi connectivity index (χ4n) is 1.40. The van der Waals surface area contributed by atoms with Crippen LogP contribution >= 0.6 is 12.6 Å². The smallest absolute Gasteiger partial charge is 0.119 e. The van der Waals surface area contributed by atoms with Gasteiger partial charge in [-0.2, -0.15) is 12.6 Å². The Kier molecular flexibility index (Phi) is 5.71. The van der Waals surface area contributed by atoms with Crippen molar-refractivity contribution in [2.45, 2.75) is 26.4 Å². The first kappa shape index (κ1) is 13.4. The summed E-state index contributed by atoms with van der Waals surface area (Å²) in [6.07, 6.45) is 1.29. The van der Waals surface area contributed by atoms with Crippen LogP contribution in [0.2, 0.25) is 0 Å². The van der Waals surface area contributed by atoms with Crippen LogP contribution in [0.1, 0.15) is 19.4 Å². The molecule has 0 amide bonds. The Morgan fingerprint density at radius 1 is 1.25 bits per heavy atom. The summed E-state index contributed by atoms with van der Waals surface area (Å²) in [4.78, 5) is 2.18. The summed E-state index contributed by atoms with van der Waals surface area (Å²) in [7, 11) is 2.07. The predicted molar refractivity (Wildman–Crippen MR) is 72.4 cm³/mol. The van der Waals surface area contributed by atoms with Crippen molar-refractivity contribution in [2.75, 3.05) is 19.5 Å². The van der Waals surface area contributed by atoms with Crippen LogP contribution in [-0.4, -0.2) is 30.5 Å². The molecule has 0 radical (unpaired) electrons. The third-order valence-corrected chi connectivity index (χ3v) is 2.80. The van der Waals surface area contributed by atoms with E-state index >= 15 is 0 Å². The zero-order valence-electron chi connectivity index (χ0n) is 10.3. The van der Waals surface area contributed by atoms with Gasteiger partial charge in [0.1, 0.15) is 5.75 Å². The quantitative estimate of drug-likeness (QED) is 0.605. The van der Waals surface area contributed by atoms with Gasteiger partial charge in [0.15, 0.2) is 0 Å². The molecule has 0 aromatic heterocycles. The molecule has 16 heavy (non-hydrogen) atoms. The molecule has 0 aliphatic heterocycles. The van der Waals surface area contributed by atoms with Crippen molar-refractivity contribution >= 4 is 12.6 Å². The highest BCUT2D eigenvalue weighted by Crippen LogP contribution is 2.14. The van der Waals surface area contributed by atoms with E-state index in [0.717, 1.165) is 24.6 Å². The van der Waals surface area contributed by atoms with Gasteiger partial charge in [0.05, 0.1) is 6.10 Å². The molecule has 1 rings (SSSR count). The van der Waals surface area contributed by atoms with Gasteiger partial charge in [0, 0.05) is 12.4 Å². The van der Waals surface area contributed by atoms with Gasteiger partial charge in [0.25, 0.3) is 0 Å². The minimum atomic E-state index is 0.237. The molecule has 0 aliphatic rings. The molecule has 0 unspecified atom stereocenters. The zero-order chi connectivity index (χ0) is 12.0. The zero-order valence-corrected chi connectivity index (χ0v) is 11.2. The summed E-state index contributed by atoms with van der Waals surface area (Å²) in [5.41, 5.74) is 1.34. The van der Waals surface area contributed by atoms with Gasteiger partial charge >= 0.3 is 0 Å². The molecule has 0 saturated carbocycles. The average Bonchev–Trinajstić information content (AvgIpc) is 2.27. The van der Waals surface area contributed by atoms with E-state index in [0.29, 0.717) is 0 Å². The maximum atomic E-state index is 5.59. The first-order chi connectivity index (χ1) is 7.61. The lowest BCUT2D eigenvalue weighted by Gasteiger charge is -2.13. The summed E-state index contributed by atoms with van der Waals surface area (Å²) < 4.78 is 5.59. The van der Waals surface area contributed by atoms with Crippen LogP contribution in [0.4, 0.5) is 0 Å². The van der Waals surface area contributed by atoms with Crippen molar-refractivity contribution in [1.29, 1.82) is 0 Å². The van der Waals surface area contributed by atoms with Crippen molar-refractivity contribution in [3.05, 3.63) is 29.8 Å². The van der Waals surface area contributed by atoms with E-state index in [1.807, 2.05) is 26.0 Å². The Bertz CT molecular complexity index is 297. The molecule has 90 valence electrons. The molecule has 0 saturated heterocycles. The number of likely N-dealkylation sites (N-methyl/N-ethyl adjacent to an activating group) is 1. The molecule has 1 aromatic carbocycles. The molecule has 3 heteroatoms. The van der Waals surface area contributed by atoms with Crippen LogP contribution in [0.5, 0.6) is 5.75 Å². The van der Waals surface area contributed by atoms with Crippen molar-refractivity contribution in [3.63, 3.8) is 0 Å². The SMILES string of the molecule is CC(C)Oc1ccc(CCN(C)CS)cc1. The van der Waals surface area contributed by atoms with Gasteiger partial charge in [-0.15, -0.1) is 0 Å². The second-order valence-corrected chi connectivity index (χ2v) is 4.56. The summed E-state index contributed by atoms with van der Waals surface area (Å²) in [5.74, 6) is 1.75. The lowest BCUT2D eigenvalue weighted by atomic mass is 10.1. The summed E-state index contributed by atoms with van der Waals surface area (Å²) in [6.45, 7) is 5.11. The molecule has 2 nitrogen and oxygen atoms in total. The normalized spacial score (nSPS) is 11.1. The fraction of sp³-hybridized carbons (Fsp3) is 0.538. The molecule has 0 N–H and O–H groups in total. The minimum Gasteiger partial charge on any atom is -0.491 e. The van der Waals surface area contributed by atoms with Gasteiger partial charge in [-0.25, -0.2) is 0 Å². The van der Waals surface area contributed by atoms with Crippen LogP contribution in [0.15, 0.2) is 24.3 Å². The molecule has 0 fully saturated rings. The first-order valence-electron chi connectivity index (χ1n) is 5.67. The van der Waals surface area contributed by atoms with E-state index in [9.17, 15) is 0 Å². The van der Waals surface area contributed by atoms with Gasteiger partial charge in [-0.05, 0) is 45.0 Å². The Hall–Kier alpha value is -0.670. The van der Waals surface area contributed by atoms with Crippen LogP contribution in [-0.2, 0) is 6.42 Å².